The SMILES string of the molecule is [2H]c1c([2H])c([N+](=O)[O-])c([2H])c([2H])c1Cc1ccc(C(F)(F)F)cc1Cl. The molecule has 0 aliphatic carbocycles. The second-order valence-corrected chi connectivity index (χ2v) is 4.47. The Morgan fingerprint density at radius 3 is 2.33 bits per heavy atom. The molecule has 0 aliphatic rings. The first-order valence-electron chi connectivity index (χ1n) is 7.54. The molecule has 0 N–H and O–H groups in total. The summed E-state index contributed by atoms with van der Waals surface area (Å²) in [6.07, 6.45) is -4.89. The maximum absolute atomic E-state index is 12.6. The first-order valence-corrected chi connectivity index (χ1v) is 5.92. The van der Waals surface area contributed by atoms with Crippen LogP contribution in [-0.4, -0.2) is 4.92 Å². The minimum Gasteiger partial charge on any atom is -0.258 e. The highest BCUT2D eigenvalue weighted by atomic mass is 35.5. The number of nitro groups is 1. The summed E-state index contributed by atoms with van der Waals surface area (Å²) in [4.78, 5) is 9.86. The summed E-state index contributed by atoms with van der Waals surface area (Å²) in [5, 5.41) is 10.6. The molecule has 0 aliphatic heterocycles. The van der Waals surface area contributed by atoms with Crippen LogP contribution in [0.2, 0.25) is 5.02 Å². The van der Waals surface area contributed by atoms with E-state index in [0.29, 0.717) is 6.07 Å². The number of benzene rings is 2. The van der Waals surface area contributed by atoms with Crippen molar-refractivity contribution in [2.24, 2.45) is 0 Å². The molecule has 7 heteroatoms. The Hall–Kier alpha value is -2.08. The van der Waals surface area contributed by atoms with E-state index in [1.54, 1.807) is 0 Å². The molecular weight excluding hydrogens is 307 g/mol. The van der Waals surface area contributed by atoms with Gasteiger partial charge in [0.25, 0.3) is 5.69 Å². The molecule has 2 rings (SSSR count). The average molecular weight is 320 g/mol. The molecule has 0 radical (unpaired) electrons. The van der Waals surface area contributed by atoms with Gasteiger partial charge in [0.2, 0.25) is 0 Å². The van der Waals surface area contributed by atoms with Crippen molar-refractivity contribution in [2.45, 2.75) is 12.6 Å². The minimum absolute atomic E-state index is 0.143. The second kappa shape index (κ2) is 5.73. The Balaban J connectivity index is 2.54. The van der Waals surface area contributed by atoms with Gasteiger partial charge in [-0.15, -0.1) is 0 Å². The maximum atomic E-state index is 12.6. The number of nitro benzene ring substituents is 1. The van der Waals surface area contributed by atoms with Gasteiger partial charge < -0.3 is 0 Å². The van der Waals surface area contributed by atoms with E-state index < -0.39 is 46.5 Å². The predicted molar refractivity (Wildman–Crippen MR) is 72.4 cm³/mol. The molecule has 0 saturated heterocycles. The normalized spacial score (nSPS) is 14.1. The Morgan fingerprint density at radius 1 is 1.24 bits per heavy atom. The first kappa shape index (κ1) is 10.6. The molecule has 3 nitrogen and oxygen atoms in total. The lowest BCUT2D eigenvalue weighted by Crippen LogP contribution is -2.05. The summed E-state index contributed by atoms with van der Waals surface area (Å²) in [5.41, 5.74) is -1.98. The molecular formula is C14H9ClF3NO2. The van der Waals surface area contributed by atoms with E-state index in [1.807, 2.05) is 0 Å². The van der Waals surface area contributed by atoms with Crippen LogP contribution in [0.1, 0.15) is 22.2 Å². The fraction of sp³-hybridized carbons (Fsp3) is 0.143. The van der Waals surface area contributed by atoms with Crippen molar-refractivity contribution < 1.29 is 23.6 Å². The van der Waals surface area contributed by atoms with Crippen molar-refractivity contribution in [3.63, 3.8) is 0 Å². The maximum Gasteiger partial charge on any atom is 0.416 e. The smallest absolute Gasteiger partial charge is 0.258 e. The number of hydrogen-bond donors (Lipinski definition) is 0. The van der Waals surface area contributed by atoms with Crippen LogP contribution in [0, 0.1) is 10.1 Å². The molecule has 21 heavy (non-hydrogen) atoms. The number of halogens is 4. The summed E-state index contributed by atoms with van der Waals surface area (Å²) in [6.45, 7) is 0. The van der Waals surface area contributed by atoms with Crippen LogP contribution in [0.15, 0.2) is 42.4 Å². The third-order valence-corrected chi connectivity index (χ3v) is 2.95. The third kappa shape index (κ3) is 3.72. The molecule has 0 amide bonds. The van der Waals surface area contributed by atoms with E-state index in [2.05, 4.69) is 0 Å². The summed E-state index contributed by atoms with van der Waals surface area (Å²) < 4.78 is 68.8. The van der Waals surface area contributed by atoms with Crippen LogP contribution >= 0.6 is 11.6 Å². The fourth-order valence-corrected chi connectivity index (χ4v) is 1.82. The topological polar surface area (TPSA) is 43.1 Å². The molecule has 0 unspecified atom stereocenters. The Kier molecular flexibility index (Phi) is 2.90. The van der Waals surface area contributed by atoms with Gasteiger partial charge in [0.1, 0.15) is 0 Å². The van der Waals surface area contributed by atoms with Crippen molar-refractivity contribution in [1.82, 2.24) is 0 Å². The monoisotopic (exact) mass is 319 g/mol. The summed E-state index contributed by atoms with van der Waals surface area (Å²) in [7, 11) is 0. The largest absolute Gasteiger partial charge is 0.416 e. The summed E-state index contributed by atoms with van der Waals surface area (Å²) >= 11 is 5.83. The zero-order valence-electron chi connectivity index (χ0n) is 14.2. The molecule has 2 aromatic carbocycles. The van der Waals surface area contributed by atoms with E-state index in [1.165, 1.54) is 0 Å². The van der Waals surface area contributed by atoms with Gasteiger partial charge in [-0.05, 0) is 29.7 Å². The lowest BCUT2D eigenvalue weighted by molar-refractivity contribution is -0.384. The molecule has 0 spiro atoms. The molecule has 0 saturated carbocycles. The van der Waals surface area contributed by atoms with E-state index in [-0.39, 0.29) is 22.6 Å². The molecule has 0 atom stereocenters. The van der Waals surface area contributed by atoms with Crippen LogP contribution < -0.4 is 0 Å². The summed E-state index contributed by atoms with van der Waals surface area (Å²) in [6, 6.07) is -0.388. The molecule has 0 bridgehead atoms. The molecule has 0 aromatic heterocycles. The number of hydrogen-bond acceptors (Lipinski definition) is 2. The van der Waals surface area contributed by atoms with E-state index >= 15 is 0 Å². The highest BCUT2D eigenvalue weighted by molar-refractivity contribution is 6.31. The standard InChI is InChI=1S/C14H9ClF3NO2/c15-13-8-11(14(16,17)18)4-3-10(13)7-9-1-5-12(6-2-9)19(20)21/h1-6,8H,7H2/i1D,2D,5D,6D. The fourth-order valence-electron chi connectivity index (χ4n) is 1.57. The lowest BCUT2D eigenvalue weighted by Gasteiger charge is -2.10. The van der Waals surface area contributed by atoms with Gasteiger partial charge in [0.05, 0.1) is 16.0 Å². The van der Waals surface area contributed by atoms with Crippen molar-refractivity contribution in [2.75, 3.05) is 0 Å². The van der Waals surface area contributed by atoms with Crippen LogP contribution in [0.3, 0.4) is 0 Å². The van der Waals surface area contributed by atoms with Crippen molar-refractivity contribution in [3.8, 4) is 0 Å². The average Bonchev–Trinajstić information content (AvgIpc) is 2.49. The van der Waals surface area contributed by atoms with Crippen LogP contribution in [0.5, 0.6) is 0 Å². The summed E-state index contributed by atoms with van der Waals surface area (Å²) in [5.74, 6) is 0. The Labute approximate surface area is 128 Å². The van der Waals surface area contributed by atoms with E-state index in [4.69, 9.17) is 17.1 Å². The second-order valence-electron chi connectivity index (χ2n) is 4.06. The van der Waals surface area contributed by atoms with Gasteiger partial charge >= 0.3 is 6.18 Å². The molecule has 0 heterocycles. The van der Waals surface area contributed by atoms with E-state index in [0.717, 1.165) is 12.1 Å². The van der Waals surface area contributed by atoms with Gasteiger partial charge in [-0.3, -0.25) is 10.1 Å². The highest BCUT2D eigenvalue weighted by Crippen LogP contribution is 2.32. The number of nitrogens with zero attached hydrogens (tertiary/aromatic N) is 1. The zero-order chi connectivity index (χ0) is 19.1. The minimum atomic E-state index is -4.58. The Morgan fingerprint density at radius 2 is 1.86 bits per heavy atom. The molecule has 2 aromatic rings. The number of rotatable bonds is 3. The van der Waals surface area contributed by atoms with Gasteiger partial charge in [0.15, 0.2) is 0 Å². The van der Waals surface area contributed by atoms with Gasteiger partial charge in [-0.1, -0.05) is 29.8 Å². The van der Waals surface area contributed by atoms with Gasteiger partial charge in [0, 0.05) is 17.1 Å². The van der Waals surface area contributed by atoms with Gasteiger partial charge in [-0.2, -0.15) is 13.2 Å². The Bertz CT molecular complexity index is 845. The quantitative estimate of drug-likeness (QED) is 0.599. The lowest BCUT2D eigenvalue weighted by atomic mass is 10.0. The number of alkyl halides is 3. The van der Waals surface area contributed by atoms with Crippen LogP contribution in [0.4, 0.5) is 18.9 Å². The van der Waals surface area contributed by atoms with E-state index in [9.17, 15) is 23.3 Å². The van der Waals surface area contributed by atoms with Crippen LogP contribution in [-0.2, 0) is 12.6 Å². The third-order valence-electron chi connectivity index (χ3n) is 2.59. The molecule has 0 fully saturated rings. The first-order chi connectivity index (χ1) is 11.4. The van der Waals surface area contributed by atoms with Crippen LogP contribution in [0.25, 0.3) is 0 Å². The zero-order valence-corrected chi connectivity index (χ0v) is 11.0. The highest BCUT2D eigenvalue weighted by Gasteiger charge is 2.30. The predicted octanol–water partition coefficient (Wildman–Crippen LogP) is 4.86. The van der Waals surface area contributed by atoms with Crippen molar-refractivity contribution in [1.29, 1.82) is 0 Å². The molecule has 110 valence electrons. The van der Waals surface area contributed by atoms with Gasteiger partial charge in [-0.25, -0.2) is 0 Å². The van der Waals surface area contributed by atoms with Crippen molar-refractivity contribution >= 4 is 17.3 Å². The van der Waals surface area contributed by atoms with Crippen molar-refractivity contribution in [3.05, 3.63) is 74.2 Å².